The number of carbonyl (C=O) groups is 2. The summed E-state index contributed by atoms with van der Waals surface area (Å²) in [6.45, 7) is 0. The van der Waals surface area contributed by atoms with Crippen LogP contribution in [0.1, 0.15) is 18.4 Å². The van der Waals surface area contributed by atoms with Gasteiger partial charge in [-0.05, 0) is 18.6 Å². The number of aliphatic carboxylic acids is 2. The van der Waals surface area contributed by atoms with E-state index in [1.54, 1.807) is 0 Å². The van der Waals surface area contributed by atoms with Crippen LogP contribution in [0.25, 0.3) is 0 Å². The maximum atomic E-state index is 11.0. The van der Waals surface area contributed by atoms with Gasteiger partial charge in [0.05, 0.1) is 5.92 Å². The summed E-state index contributed by atoms with van der Waals surface area (Å²) in [6.07, 6.45) is -0.0562. The fourth-order valence-corrected chi connectivity index (χ4v) is 1.48. The smallest absolute Gasteiger partial charge is 0.320 e. The molecule has 4 N–H and O–H groups in total. The molecule has 5 nitrogen and oxygen atoms in total. The predicted molar refractivity (Wildman–Crippen MR) is 69.3 cm³/mol. The molecular weight excluding hydrogens is 246 g/mol. The molecule has 0 spiro atoms. The lowest BCUT2D eigenvalue weighted by Crippen LogP contribution is -2.34. The number of carboxylic acids is 2. The second-order valence-corrected chi connectivity index (χ2v) is 4.09. The molecule has 0 heterocycles. The topological polar surface area (TPSA) is 101 Å². The zero-order valence-corrected chi connectivity index (χ0v) is 10.2. The van der Waals surface area contributed by atoms with Crippen molar-refractivity contribution in [3.63, 3.8) is 0 Å². The Morgan fingerprint density at radius 3 is 2.32 bits per heavy atom. The van der Waals surface area contributed by atoms with Crippen molar-refractivity contribution in [2.45, 2.75) is 18.9 Å². The summed E-state index contributed by atoms with van der Waals surface area (Å²) in [5.74, 6) is 2.42. The van der Waals surface area contributed by atoms with Gasteiger partial charge >= 0.3 is 11.9 Å². The molecule has 0 fully saturated rings. The number of hydrogen-bond acceptors (Lipinski definition) is 3. The normalized spacial score (nSPS) is 12.9. The Hall–Kier alpha value is -2.32. The molecular formula is C14H15NO4. The van der Waals surface area contributed by atoms with Crippen LogP contribution in [0.2, 0.25) is 0 Å². The fraction of sp³-hybridized carbons (Fsp3) is 0.286. The van der Waals surface area contributed by atoms with Crippen molar-refractivity contribution in [3.05, 3.63) is 35.9 Å². The Labute approximate surface area is 111 Å². The highest BCUT2D eigenvalue weighted by atomic mass is 16.4. The number of carboxylic acid groups (broad SMARTS) is 2. The molecule has 0 unspecified atom stereocenters. The van der Waals surface area contributed by atoms with Crippen LogP contribution in [0, 0.1) is 17.8 Å². The summed E-state index contributed by atoms with van der Waals surface area (Å²) in [4.78, 5) is 21.6. The van der Waals surface area contributed by atoms with Gasteiger partial charge in [-0.3, -0.25) is 9.59 Å². The molecule has 0 aliphatic rings. The average molecular weight is 261 g/mol. The lowest BCUT2D eigenvalue weighted by atomic mass is 9.97. The summed E-state index contributed by atoms with van der Waals surface area (Å²) in [7, 11) is 0. The Bertz CT molecular complexity index is 501. The van der Waals surface area contributed by atoms with Crippen molar-refractivity contribution in [2.75, 3.05) is 0 Å². The van der Waals surface area contributed by atoms with E-state index in [2.05, 4.69) is 11.8 Å². The van der Waals surface area contributed by atoms with Gasteiger partial charge in [0.15, 0.2) is 0 Å². The molecule has 19 heavy (non-hydrogen) atoms. The van der Waals surface area contributed by atoms with E-state index in [0.29, 0.717) is 0 Å². The largest absolute Gasteiger partial charge is 0.481 e. The minimum atomic E-state index is -1.21. The van der Waals surface area contributed by atoms with Gasteiger partial charge in [0.1, 0.15) is 6.04 Å². The molecule has 1 aromatic rings. The van der Waals surface area contributed by atoms with E-state index in [0.717, 1.165) is 5.56 Å². The number of rotatable bonds is 5. The SMILES string of the molecule is N[C@H](C[C@@H](CC#Cc1ccccc1)C(=O)O)C(=O)O. The van der Waals surface area contributed by atoms with E-state index >= 15 is 0 Å². The number of nitrogens with two attached hydrogens (primary N) is 1. The summed E-state index contributed by atoms with van der Waals surface area (Å²) in [6, 6.07) is 7.96. The van der Waals surface area contributed by atoms with E-state index in [1.165, 1.54) is 0 Å². The third kappa shape index (κ3) is 5.23. The van der Waals surface area contributed by atoms with Gasteiger partial charge in [0.25, 0.3) is 0 Å². The van der Waals surface area contributed by atoms with E-state index < -0.39 is 23.9 Å². The minimum Gasteiger partial charge on any atom is -0.481 e. The van der Waals surface area contributed by atoms with Crippen molar-refractivity contribution in [2.24, 2.45) is 11.7 Å². The molecule has 0 bridgehead atoms. The Morgan fingerprint density at radius 2 is 1.79 bits per heavy atom. The second-order valence-electron chi connectivity index (χ2n) is 4.09. The van der Waals surface area contributed by atoms with Gasteiger partial charge in [0, 0.05) is 12.0 Å². The first-order valence-corrected chi connectivity index (χ1v) is 5.76. The minimum absolute atomic E-state index is 0.0746. The molecule has 0 aromatic heterocycles. The summed E-state index contributed by atoms with van der Waals surface area (Å²) in [5.41, 5.74) is 6.11. The predicted octanol–water partition coefficient (Wildman–Crippen LogP) is 0.931. The molecule has 0 aliphatic carbocycles. The summed E-state index contributed by atoms with van der Waals surface area (Å²) in [5, 5.41) is 17.6. The van der Waals surface area contributed by atoms with Gasteiger partial charge in [-0.15, -0.1) is 0 Å². The van der Waals surface area contributed by atoms with Gasteiger partial charge in [0.2, 0.25) is 0 Å². The fourth-order valence-electron chi connectivity index (χ4n) is 1.48. The van der Waals surface area contributed by atoms with Gasteiger partial charge in [-0.2, -0.15) is 0 Å². The van der Waals surface area contributed by atoms with Crippen molar-refractivity contribution in [3.8, 4) is 11.8 Å². The zero-order valence-electron chi connectivity index (χ0n) is 10.2. The molecule has 0 saturated carbocycles. The zero-order chi connectivity index (χ0) is 14.3. The lowest BCUT2D eigenvalue weighted by molar-refractivity contribution is -0.143. The average Bonchev–Trinajstić information content (AvgIpc) is 2.38. The Balaban J connectivity index is 2.63. The molecule has 100 valence electrons. The van der Waals surface area contributed by atoms with Crippen LogP contribution < -0.4 is 5.73 Å². The highest BCUT2D eigenvalue weighted by Crippen LogP contribution is 2.11. The highest BCUT2D eigenvalue weighted by molar-refractivity contribution is 5.76. The summed E-state index contributed by atoms with van der Waals surface area (Å²) < 4.78 is 0. The molecule has 1 rings (SSSR count). The Morgan fingerprint density at radius 1 is 1.16 bits per heavy atom. The van der Waals surface area contributed by atoms with E-state index in [-0.39, 0.29) is 12.8 Å². The maximum absolute atomic E-state index is 11.0. The van der Waals surface area contributed by atoms with Gasteiger partial charge < -0.3 is 15.9 Å². The summed E-state index contributed by atoms with van der Waals surface area (Å²) >= 11 is 0. The lowest BCUT2D eigenvalue weighted by Gasteiger charge is -2.11. The van der Waals surface area contributed by atoms with Crippen molar-refractivity contribution in [1.82, 2.24) is 0 Å². The highest BCUT2D eigenvalue weighted by Gasteiger charge is 2.23. The third-order valence-corrected chi connectivity index (χ3v) is 2.56. The molecule has 5 heteroatoms. The van der Waals surface area contributed by atoms with Crippen LogP contribution in [0.5, 0.6) is 0 Å². The van der Waals surface area contributed by atoms with E-state index in [1.807, 2.05) is 30.3 Å². The second kappa shape index (κ2) is 7.19. The van der Waals surface area contributed by atoms with Crippen molar-refractivity contribution < 1.29 is 19.8 Å². The van der Waals surface area contributed by atoms with Crippen LogP contribution in [0.15, 0.2) is 30.3 Å². The monoisotopic (exact) mass is 261 g/mol. The van der Waals surface area contributed by atoms with Gasteiger partial charge in [-0.25, -0.2) is 0 Å². The first-order valence-electron chi connectivity index (χ1n) is 5.76. The Kier molecular flexibility index (Phi) is 5.58. The van der Waals surface area contributed by atoms with Gasteiger partial charge in [-0.1, -0.05) is 30.0 Å². The van der Waals surface area contributed by atoms with Crippen LogP contribution in [0.4, 0.5) is 0 Å². The quantitative estimate of drug-likeness (QED) is 0.684. The first-order chi connectivity index (χ1) is 9.00. The van der Waals surface area contributed by atoms with Crippen molar-refractivity contribution in [1.29, 1.82) is 0 Å². The molecule has 0 radical (unpaired) electrons. The number of hydrogen-bond donors (Lipinski definition) is 3. The third-order valence-electron chi connectivity index (χ3n) is 2.56. The van der Waals surface area contributed by atoms with E-state index in [9.17, 15) is 9.59 Å². The van der Waals surface area contributed by atoms with Crippen molar-refractivity contribution >= 4 is 11.9 Å². The van der Waals surface area contributed by atoms with Crippen LogP contribution >= 0.6 is 0 Å². The molecule has 0 aliphatic heterocycles. The molecule has 2 atom stereocenters. The van der Waals surface area contributed by atoms with Crippen LogP contribution in [0.3, 0.4) is 0 Å². The van der Waals surface area contributed by atoms with Crippen LogP contribution in [-0.2, 0) is 9.59 Å². The maximum Gasteiger partial charge on any atom is 0.320 e. The molecule has 0 amide bonds. The standard InChI is InChI=1S/C14H15NO4/c15-12(14(18)19)9-11(13(16)17)8-4-7-10-5-2-1-3-6-10/h1-3,5-6,11-12H,8-9,15H2,(H,16,17)(H,18,19)/t11-,12-/m1/s1. The molecule has 0 saturated heterocycles. The number of benzene rings is 1. The molecule has 1 aromatic carbocycles. The first kappa shape index (κ1) is 14.7. The van der Waals surface area contributed by atoms with E-state index in [4.69, 9.17) is 15.9 Å². The van der Waals surface area contributed by atoms with Crippen LogP contribution in [-0.4, -0.2) is 28.2 Å².